The summed E-state index contributed by atoms with van der Waals surface area (Å²) < 4.78 is 132. The van der Waals surface area contributed by atoms with Crippen molar-refractivity contribution < 1.29 is 48.7 Å². The molecule has 0 aliphatic heterocycles. The molecule has 0 amide bonds. The zero-order chi connectivity index (χ0) is 21.6. The van der Waals surface area contributed by atoms with Gasteiger partial charge in [0.2, 0.25) is 0 Å². The van der Waals surface area contributed by atoms with Crippen molar-refractivity contribution in [3.8, 4) is 0 Å². The molecule has 0 bridgehead atoms. The van der Waals surface area contributed by atoms with E-state index in [2.05, 4.69) is 0 Å². The van der Waals surface area contributed by atoms with E-state index < -0.39 is 55.0 Å². The number of rotatable bonds is 6. The number of hydrogen-bond donors (Lipinski definition) is 0. The number of halogens is 9. The van der Waals surface area contributed by atoms with Gasteiger partial charge in [0, 0.05) is 0 Å². The van der Waals surface area contributed by atoms with Gasteiger partial charge in [0.25, 0.3) is 0 Å². The minimum absolute atomic E-state index is 0.468. The van der Waals surface area contributed by atoms with E-state index in [1.807, 2.05) is 0 Å². The Labute approximate surface area is 150 Å². The Bertz CT molecular complexity index is 423. The van der Waals surface area contributed by atoms with Gasteiger partial charge in [-0.3, -0.25) is 0 Å². The molecule has 0 rings (SSSR count). The van der Waals surface area contributed by atoms with Crippen molar-refractivity contribution >= 4 is 19.6 Å². The van der Waals surface area contributed by atoms with Crippen molar-refractivity contribution in [1.82, 2.24) is 0 Å². The summed E-state index contributed by atoms with van der Waals surface area (Å²) in [7, 11) is 0. The van der Waals surface area contributed by atoms with Crippen molar-refractivity contribution in [2.24, 2.45) is 0 Å². The van der Waals surface area contributed by atoms with Gasteiger partial charge in [-0.2, -0.15) is 0 Å². The van der Waals surface area contributed by atoms with Crippen molar-refractivity contribution in [2.45, 2.75) is 81.8 Å². The van der Waals surface area contributed by atoms with Crippen LogP contribution < -0.4 is 0 Å². The molecule has 26 heavy (non-hydrogen) atoms. The van der Waals surface area contributed by atoms with E-state index in [1.165, 1.54) is 0 Å². The number of alkyl halides is 9. The second-order valence-electron chi connectivity index (χ2n) is 7.19. The third kappa shape index (κ3) is 6.30. The summed E-state index contributed by atoms with van der Waals surface area (Å²) >= 11 is -6.07. The summed E-state index contributed by atoms with van der Waals surface area (Å²) in [5, 5.41) is 0. The molecule has 0 N–H and O–H groups in total. The molecule has 0 aromatic rings. The summed E-state index contributed by atoms with van der Waals surface area (Å²) in [6, 6.07) is 0. The van der Waals surface area contributed by atoms with Crippen LogP contribution in [0.4, 0.5) is 39.5 Å². The molecule has 0 saturated carbocycles. The average Bonchev–Trinajstić information content (AvgIpc) is 2.19. The maximum absolute atomic E-state index is 13.1. The molecule has 0 aliphatic rings. The first-order valence-electron chi connectivity index (χ1n) is 7.18. The van der Waals surface area contributed by atoms with E-state index in [1.54, 1.807) is 0 Å². The van der Waals surface area contributed by atoms with E-state index in [0.29, 0.717) is 46.5 Å². The van der Waals surface area contributed by atoms with Gasteiger partial charge in [0.1, 0.15) is 0 Å². The fraction of sp³-hybridized carbons (Fsp3) is 1.00. The van der Waals surface area contributed by atoms with Crippen LogP contribution in [-0.2, 0) is 9.22 Å². The molecule has 0 aliphatic carbocycles. The van der Waals surface area contributed by atoms with Crippen LogP contribution in [0, 0.1) is 0 Å². The van der Waals surface area contributed by atoms with Gasteiger partial charge in [-0.25, -0.2) is 0 Å². The molecule has 13 heteroatoms. The van der Waals surface area contributed by atoms with Crippen LogP contribution in [0.3, 0.4) is 0 Å². The normalized spacial score (nSPS) is 16.2. The molecule has 0 atom stereocenters. The predicted octanol–water partition coefficient (Wildman–Crippen LogP) is 5.63. The molecule has 0 radical (unpaired) electrons. The van der Waals surface area contributed by atoms with Gasteiger partial charge in [0.05, 0.1) is 0 Å². The topological polar surface area (TPSA) is 27.7 Å². The Balaban J connectivity index is 6.05. The number of hydrogen-bond acceptors (Lipinski definition) is 3. The molecule has 3 nitrogen and oxygen atoms in total. The predicted molar refractivity (Wildman–Crippen MR) is 75.3 cm³/mol. The van der Waals surface area contributed by atoms with Gasteiger partial charge in [0.15, 0.2) is 0 Å². The Kier molecular flexibility index (Phi) is 7.15. The van der Waals surface area contributed by atoms with Crippen LogP contribution in [0.25, 0.3) is 0 Å². The molecule has 0 heterocycles. The van der Waals surface area contributed by atoms with E-state index in [9.17, 15) is 39.5 Å². The second kappa shape index (κ2) is 7.14. The van der Waals surface area contributed by atoms with Crippen molar-refractivity contribution in [3.05, 3.63) is 0 Å². The summed E-state index contributed by atoms with van der Waals surface area (Å²) in [5.74, 6) is 0. The first-order valence-corrected chi connectivity index (χ1v) is 13.5. The van der Waals surface area contributed by atoms with Crippen LogP contribution in [0.15, 0.2) is 0 Å². The van der Waals surface area contributed by atoms with Crippen molar-refractivity contribution in [2.75, 3.05) is 0 Å². The Hall–Kier alpha value is 0.0487. The van der Waals surface area contributed by atoms with E-state index in [-0.39, 0.29) is 0 Å². The fourth-order valence-corrected chi connectivity index (χ4v) is 10.9. The van der Waals surface area contributed by atoms with Crippen LogP contribution >= 0.6 is 0 Å². The van der Waals surface area contributed by atoms with Crippen LogP contribution in [0.5, 0.6) is 0 Å². The maximum atomic E-state index is 13.1. The molecule has 0 saturated heterocycles. The molecule has 0 unspecified atom stereocenters. The Morgan fingerprint density at radius 3 is 0.731 bits per heavy atom. The van der Waals surface area contributed by atoms with Gasteiger partial charge in [-0.1, -0.05) is 0 Å². The second-order valence-corrected chi connectivity index (χ2v) is 13.9. The minimum atomic E-state index is -6.07. The zero-order valence-corrected chi connectivity index (χ0v) is 18.0. The Morgan fingerprint density at radius 1 is 0.462 bits per heavy atom. The third-order valence-electron chi connectivity index (χ3n) is 3.37. The summed E-state index contributed by atoms with van der Waals surface area (Å²) in [6.07, 6.45) is -15.2. The molecule has 0 fully saturated rings. The molecular formula is C13H21F9O3Sn. The van der Waals surface area contributed by atoms with E-state index in [0.717, 1.165) is 0 Å². The van der Waals surface area contributed by atoms with Crippen LogP contribution in [-0.4, -0.2) is 55.0 Å². The van der Waals surface area contributed by atoms with Gasteiger partial charge in [-0.05, 0) is 0 Å². The first kappa shape index (κ1) is 26.0. The van der Waals surface area contributed by atoms with E-state index >= 15 is 0 Å². The van der Waals surface area contributed by atoms with E-state index in [4.69, 9.17) is 9.22 Å². The summed E-state index contributed by atoms with van der Waals surface area (Å²) in [5.41, 5.74) is -9.25. The van der Waals surface area contributed by atoms with Gasteiger partial charge >= 0.3 is 150 Å². The molecule has 0 spiro atoms. The molecule has 0 aromatic carbocycles. The zero-order valence-electron chi connectivity index (χ0n) is 15.1. The molecule has 158 valence electrons. The van der Waals surface area contributed by atoms with Gasteiger partial charge in [-0.15, -0.1) is 0 Å². The standard InChI is InChI=1S/3C4H6F3O.CH3.Sn/c3*1-3(2,8)4(5,6)7;;/h3*1-2H3;1H3;/q3*-1;;+3. The fourth-order valence-electron chi connectivity index (χ4n) is 1.63. The first-order chi connectivity index (χ1) is 10.9. The molecular weight excluding hydrogens is 494 g/mol. The SMILES string of the molecule is CC(C)([O][Sn]([CH3])([O]C(C)(C)C(F)(F)F)[O]C(C)(C)C(F)(F)F)C(F)(F)F. The third-order valence-corrected chi connectivity index (χ3v) is 10.9. The Morgan fingerprint density at radius 2 is 0.615 bits per heavy atom. The summed E-state index contributed by atoms with van der Waals surface area (Å²) in [6.45, 7) is 2.81. The van der Waals surface area contributed by atoms with Crippen molar-refractivity contribution in [3.63, 3.8) is 0 Å². The average molecular weight is 515 g/mol. The quantitative estimate of drug-likeness (QED) is 0.340. The monoisotopic (exact) mass is 516 g/mol. The van der Waals surface area contributed by atoms with Crippen LogP contribution in [0.2, 0.25) is 4.94 Å². The molecule has 0 aromatic heterocycles. The van der Waals surface area contributed by atoms with Gasteiger partial charge < -0.3 is 0 Å². The summed E-state index contributed by atoms with van der Waals surface area (Å²) in [4.78, 5) is 0.628. The van der Waals surface area contributed by atoms with Crippen LogP contribution in [0.1, 0.15) is 41.5 Å². The van der Waals surface area contributed by atoms with Crippen molar-refractivity contribution in [1.29, 1.82) is 0 Å².